The number of nitrogens with one attached hydrogen (secondary N) is 1. The van der Waals surface area contributed by atoms with Crippen LogP contribution in [0.5, 0.6) is 6.01 Å². The fourth-order valence-corrected chi connectivity index (χ4v) is 2.16. The van der Waals surface area contributed by atoms with Gasteiger partial charge in [0, 0.05) is 13.1 Å². The number of carbonyl (C=O) groups is 1. The molecular formula is C13H22N6O2. The SMILES string of the molecule is CCCOc1nc(N)nc(NC(C)C(=O)N2CCCC2)n1. The lowest BCUT2D eigenvalue weighted by Gasteiger charge is -2.21. The third-order valence-electron chi connectivity index (χ3n) is 3.20. The van der Waals surface area contributed by atoms with Crippen molar-refractivity contribution in [1.82, 2.24) is 19.9 Å². The third kappa shape index (κ3) is 4.17. The standard InChI is InChI=1S/C13H22N6O2/c1-3-8-21-13-17-11(14)16-12(18-13)15-9(2)10(20)19-6-4-5-7-19/h9H,3-8H2,1-2H3,(H3,14,15,16,17,18). The van der Waals surface area contributed by atoms with Crippen molar-refractivity contribution in [2.24, 2.45) is 0 Å². The van der Waals surface area contributed by atoms with Gasteiger partial charge in [0.05, 0.1) is 6.61 Å². The van der Waals surface area contributed by atoms with Crippen LogP contribution in [0, 0.1) is 0 Å². The zero-order chi connectivity index (χ0) is 15.2. The van der Waals surface area contributed by atoms with Gasteiger partial charge in [-0.1, -0.05) is 6.92 Å². The summed E-state index contributed by atoms with van der Waals surface area (Å²) in [6.45, 7) is 5.91. The lowest BCUT2D eigenvalue weighted by Crippen LogP contribution is -2.40. The molecule has 1 aromatic rings. The van der Waals surface area contributed by atoms with Gasteiger partial charge < -0.3 is 20.7 Å². The molecule has 1 fully saturated rings. The van der Waals surface area contributed by atoms with Crippen LogP contribution < -0.4 is 15.8 Å². The van der Waals surface area contributed by atoms with Crippen molar-refractivity contribution in [2.45, 2.75) is 39.2 Å². The number of anilines is 2. The maximum Gasteiger partial charge on any atom is 0.323 e. The molecule has 1 unspecified atom stereocenters. The number of hydrogen-bond acceptors (Lipinski definition) is 7. The summed E-state index contributed by atoms with van der Waals surface area (Å²) in [6.07, 6.45) is 2.97. The number of nitrogen functional groups attached to an aromatic ring is 1. The molecular weight excluding hydrogens is 272 g/mol. The van der Waals surface area contributed by atoms with Crippen LogP contribution >= 0.6 is 0 Å². The number of ether oxygens (including phenoxy) is 1. The van der Waals surface area contributed by atoms with Crippen molar-refractivity contribution >= 4 is 17.8 Å². The van der Waals surface area contributed by atoms with Gasteiger partial charge in [0.1, 0.15) is 6.04 Å². The van der Waals surface area contributed by atoms with Gasteiger partial charge in [-0.2, -0.15) is 15.0 Å². The lowest BCUT2D eigenvalue weighted by molar-refractivity contribution is -0.130. The highest BCUT2D eigenvalue weighted by atomic mass is 16.5. The van der Waals surface area contributed by atoms with E-state index in [1.807, 2.05) is 11.8 Å². The van der Waals surface area contributed by atoms with Crippen molar-refractivity contribution in [2.75, 3.05) is 30.7 Å². The highest BCUT2D eigenvalue weighted by molar-refractivity contribution is 5.84. The lowest BCUT2D eigenvalue weighted by atomic mass is 10.3. The number of rotatable bonds is 6. The van der Waals surface area contributed by atoms with Gasteiger partial charge in [0.2, 0.25) is 17.8 Å². The summed E-state index contributed by atoms with van der Waals surface area (Å²) in [5.74, 6) is 0.371. The monoisotopic (exact) mass is 294 g/mol. The molecule has 116 valence electrons. The molecule has 0 spiro atoms. The normalized spacial score (nSPS) is 15.8. The minimum absolute atomic E-state index is 0.0440. The van der Waals surface area contributed by atoms with Crippen molar-refractivity contribution in [3.63, 3.8) is 0 Å². The summed E-state index contributed by atoms with van der Waals surface area (Å²) >= 11 is 0. The van der Waals surface area contributed by atoms with E-state index >= 15 is 0 Å². The number of nitrogens with two attached hydrogens (primary N) is 1. The number of likely N-dealkylation sites (tertiary alicyclic amines) is 1. The Labute approximate surface area is 124 Å². The quantitative estimate of drug-likeness (QED) is 0.794. The molecule has 1 atom stereocenters. The summed E-state index contributed by atoms with van der Waals surface area (Å²) < 4.78 is 5.34. The highest BCUT2D eigenvalue weighted by Gasteiger charge is 2.23. The van der Waals surface area contributed by atoms with E-state index in [0.29, 0.717) is 6.61 Å². The molecule has 1 aliphatic rings. The zero-order valence-corrected chi connectivity index (χ0v) is 12.5. The minimum atomic E-state index is -0.413. The average molecular weight is 294 g/mol. The van der Waals surface area contributed by atoms with Crippen LogP contribution in [0.15, 0.2) is 0 Å². The average Bonchev–Trinajstić information content (AvgIpc) is 2.97. The van der Waals surface area contributed by atoms with Crippen LogP contribution in [0.1, 0.15) is 33.1 Å². The van der Waals surface area contributed by atoms with Crippen LogP contribution in [0.25, 0.3) is 0 Å². The molecule has 8 heteroatoms. The van der Waals surface area contributed by atoms with Gasteiger partial charge in [-0.05, 0) is 26.2 Å². The Kier molecular flexibility index (Phi) is 5.13. The molecule has 0 aromatic carbocycles. The van der Waals surface area contributed by atoms with Gasteiger partial charge in [0.15, 0.2) is 0 Å². The van der Waals surface area contributed by atoms with Crippen LogP contribution in [-0.4, -0.2) is 51.5 Å². The molecule has 1 aliphatic heterocycles. The van der Waals surface area contributed by atoms with E-state index < -0.39 is 6.04 Å². The van der Waals surface area contributed by atoms with Gasteiger partial charge in [0.25, 0.3) is 0 Å². The van der Waals surface area contributed by atoms with E-state index in [2.05, 4.69) is 20.3 Å². The smallest absolute Gasteiger partial charge is 0.323 e. The molecule has 2 rings (SSSR count). The van der Waals surface area contributed by atoms with Crippen molar-refractivity contribution < 1.29 is 9.53 Å². The van der Waals surface area contributed by atoms with Crippen LogP contribution in [0.4, 0.5) is 11.9 Å². The number of carbonyl (C=O) groups excluding carboxylic acids is 1. The predicted molar refractivity (Wildman–Crippen MR) is 78.9 cm³/mol. The molecule has 0 radical (unpaired) electrons. The van der Waals surface area contributed by atoms with Gasteiger partial charge in [-0.25, -0.2) is 0 Å². The van der Waals surface area contributed by atoms with Gasteiger partial charge in [-0.3, -0.25) is 4.79 Å². The molecule has 1 saturated heterocycles. The molecule has 21 heavy (non-hydrogen) atoms. The van der Waals surface area contributed by atoms with Gasteiger partial charge in [-0.15, -0.1) is 0 Å². The first-order chi connectivity index (χ1) is 10.1. The van der Waals surface area contributed by atoms with E-state index in [1.54, 1.807) is 6.92 Å². The molecule has 2 heterocycles. The zero-order valence-electron chi connectivity index (χ0n) is 12.5. The van der Waals surface area contributed by atoms with E-state index in [9.17, 15) is 4.79 Å². The Morgan fingerprint density at radius 1 is 1.38 bits per heavy atom. The third-order valence-corrected chi connectivity index (χ3v) is 3.20. The Balaban J connectivity index is 2.00. The molecule has 1 aromatic heterocycles. The van der Waals surface area contributed by atoms with Gasteiger partial charge >= 0.3 is 6.01 Å². The van der Waals surface area contributed by atoms with E-state index in [4.69, 9.17) is 10.5 Å². The second-order valence-electron chi connectivity index (χ2n) is 5.05. The molecule has 0 bridgehead atoms. The molecule has 0 saturated carbocycles. The second kappa shape index (κ2) is 7.05. The Morgan fingerprint density at radius 3 is 2.76 bits per heavy atom. The van der Waals surface area contributed by atoms with Crippen molar-refractivity contribution in [1.29, 1.82) is 0 Å². The molecule has 8 nitrogen and oxygen atoms in total. The molecule has 3 N–H and O–H groups in total. The topological polar surface area (TPSA) is 106 Å². The minimum Gasteiger partial charge on any atom is -0.463 e. The number of aromatic nitrogens is 3. The van der Waals surface area contributed by atoms with Crippen LogP contribution in [0.3, 0.4) is 0 Å². The first-order valence-electron chi connectivity index (χ1n) is 7.30. The number of amides is 1. The second-order valence-corrected chi connectivity index (χ2v) is 5.05. The van der Waals surface area contributed by atoms with Crippen molar-refractivity contribution in [3.05, 3.63) is 0 Å². The summed E-state index contributed by atoms with van der Waals surface area (Å²) in [4.78, 5) is 26.1. The highest BCUT2D eigenvalue weighted by Crippen LogP contribution is 2.13. The number of hydrogen-bond donors (Lipinski definition) is 2. The fraction of sp³-hybridized carbons (Fsp3) is 0.692. The van der Waals surface area contributed by atoms with E-state index in [1.165, 1.54) is 0 Å². The van der Waals surface area contributed by atoms with Crippen molar-refractivity contribution in [3.8, 4) is 6.01 Å². The van der Waals surface area contributed by atoms with E-state index in [-0.39, 0.29) is 23.8 Å². The molecule has 0 aliphatic carbocycles. The predicted octanol–water partition coefficient (Wildman–Crippen LogP) is 0.665. The molecule has 1 amide bonds. The number of nitrogens with zero attached hydrogens (tertiary/aromatic N) is 4. The maximum absolute atomic E-state index is 12.2. The summed E-state index contributed by atoms with van der Waals surface area (Å²) in [7, 11) is 0. The summed E-state index contributed by atoms with van der Waals surface area (Å²) in [5, 5.41) is 2.96. The largest absolute Gasteiger partial charge is 0.463 e. The maximum atomic E-state index is 12.2. The Bertz CT molecular complexity index is 490. The Morgan fingerprint density at radius 2 is 2.10 bits per heavy atom. The summed E-state index contributed by atoms with van der Waals surface area (Å²) in [6, 6.07) is -0.239. The van der Waals surface area contributed by atoms with E-state index in [0.717, 1.165) is 32.4 Å². The van der Waals surface area contributed by atoms with Crippen LogP contribution in [-0.2, 0) is 4.79 Å². The van der Waals surface area contributed by atoms with Crippen LogP contribution in [0.2, 0.25) is 0 Å². The Hall–Kier alpha value is -2.12. The summed E-state index contributed by atoms with van der Waals surface area (Å²) in [5.41, 5.74) is 5.63. The first-order valence-corrected chi connectivity index (χ1v) is 7.30. The fourth-order valence-electron chi connectivity index (χ4n) is 2.16. The first kappa shape index (κ1) is 15.3.